The molecule has 0 aromatic heterocycles. The van der Waals surface area contributed by atoms with Crippen molar-refractivity contribution in [3.05, 3.63) is 79.6 Å². The number of carbonyl (C=O) groups is 3. The molecule has 0 amide bonds. The Labute approximate surface area is 191 Å². The zero-order chi connectivity index (χ0) is 23.2. The SMILES string of the molecule is C=COC(=O)COc1ccc(C(=O)Sc2ccc(OCCCCOC(=O)C=C)cc2)cc1. The molecule has 0 fully saturated rings. The normalized spacial score (nSPS) is 10.0. The zero-order valence-electron chi connectivity index (χ0n) is 17.5. The van der Waals surface area contributed by atoms with Crippen molar-refractivity contribution in [1.82, 2.24) is 0 Å². The Morgan fingerprint density at radius 2 is 1.47 bits per heavy atom. The second kappa shape index (κ2) is 13.7. The van der Waals surface area contributed by atoms with Crippen LogP contribution >= 0.6 is 11.8 Å². The highest BCUT2D eigenvalue weighted by Gasteiger charge is 2.09. The molecule has 0 bridgehead atoms. The standard InChI is InChI=1S/C24H24O7S/c1-3-22(25)30-16-6-5-15-29-19-11-13-21(14-12-19)32-24(27)18-7-9-20(10-8-18)31-17-23(26)28-4-2/h3-4,7-14H,1-2,5-6,15-17H2. The fourth-order valence-corrected chi connectivity index (χ4v) is 3.09. The van der Waals surface area contributed by atoms with Gasteiger partial charge in [0.2, 0.25) is 5.12 Å². The second-order valence-electron chi connectivity index (χ2n) is 6.26. The molecule has 7 nitrogen and oxygen atoms in total. The van der Waals surface area contributed by atoms with E-state index in [0.717, 1.165) is 35.4 Å². The van der Waals surface area contributed by atoms with E-state index in [1.165, 1.54) is 0 Å². The van der Waals surface area contributed by atoms with Crippen molar-refractivity contribution in [1.29, 1.82) is 0 Å². The summed E-state index contributed by atoms with van der Waals surface area (Å²) in [5.74, 6) is 0.162. The fourth-order valence-electron chi connectivity index (χ4n) is 2.35. The molecule has 2 aromatic carbocycles. The lowest BCUT2D eigenvalue weighted by Gasteiger charge is -2.08. The van der Waals surface area contributed by atoms with Gasteiger partial charge in [0.15, 0.2) is 6.61 Å². The van der Waals surface area contributed by atoms with Crippen LogP contribution < -0.4 is 9.47 Å². The van der Waals surface area contributed by atoms with Gasteiger partial charge >= 0.3 is 11.9 Å². The highest BCUT2D eigenvalue weighted by molar-refractivity contribution is 8.14. The van der Waals surface area contributed by atoms with Gasteiger partial charge in [0, 0.05) is 16.5 Å². The van der Waals surface area contributed by atoms with E-state index >= 15 is 0 Å². The molecule has 0 aliphatic carbocycles. The largest absolute Gasteiger partial charge is 0.494 e. The molecule has 0 radical (unpaired) electrons. The van der Waals surface area contributed by atoms with E-state index in [2.05, 4.69) is 17.9 Å². The second-order valence-corrected chi connectivity index (χ2v) is 7.30. The van der Waals surface area contributed by atoms with E-state index < -0.39 is 11.9 Å². The van der Waals surface area contributed by atoms with Gasteiger partial charge in [0.1, 0.15) is 11.5 Å². The van der Waals surface area contributed by atoms with E-state index in [0.29, 0.717) is 36.7 Å². The van der Waals surface area contributed by atoms with Crippen LogP contribution in [0.1, 0.15) is 23.2 Å². The summed E-state index contributed by atoms with van der Waals surface area (Å²) in [7, 11) is 0. The maximum Gasteiger partial charge on any atom is 0.348 e. The van der Waals surface area contributed by atoms with Gasteiger partial charge < -0.3 is 18.9 Å². The van der Waals surface area contributed by atoms with Crippen molar-refractivity contribution in [2.45, 2.75) is 17.7 Å². The molecule has 0 aliphatic heterocycles. The summed E-state index contributed by atoms with van der Waals surface area (Å²) in [6.07, 6.45) is 3.62. The van der Waals surface area contributed by atoms with Crippen LogP contribution in [0.3, 0.4) is 0 Å². The summed E-state index contributed by atoms with van der Waals surface area (Å²) in [4.78, 5) is 35.4. The minimum Gasteiger partial charge on any atom is -0.494 e. The van der Waals surface area contributed by atoms with Crippen LogP contribution in [-0.2, 0) is 19.1 Å². The molecular formula is C24H24O7S. The van der Waals surface area contributed by atoms with Gasteiger partial charge in [-0.25, -0.2) is 9.59 Å². The first kappa shape index (κ1) is 24.7. The summed E-state index contributed by atoms with van der Waals surface area (Å²) in [5, 5.41) is -0.120. The van der Waals surface area contributed by atoms with Crippen LogP contribution in [-0.4, -0.2) is 36.9 Å². The number of thioether (sulfide) groups is 1. The average molecular weight is 457 g/mol. The minimum atomic E-state index is -0.558. The molecule has 0 saturated carbocycles. The summed E-state index contributed by atoms with van der Waals surface area (Å²) >= 11 is 1.10. The first-order chi connectivity index (χ1) is 15.5. The lowest BCUT2D eigenvalue weighted by molar-refractivity contribution is -0.140. The summed E-state index contributed by atoms with van der Waals surface area (Å²) in [6.45, 7) is 7.22. The summed E-state index contributed by atoms with van der Waals surface area (Å²) in [5.41, 5.74) is 0.508. The van der Waals surface area contributed by atoms with Gasteiger partial charge in [-0.15, -0.1) is 0 Å². The number of rotatable bonds is 13. The van der Waals surface area contributed by atoms with Gasteiger partial charge in [0.25, 0.3) is 0 Å². The van der Waals surface area contributed by atoms with Crippen molar-refractivity contribution < 1.29 is 33.3 Å². The molecule has 0 N–H and O–H groups in total. The third-order valence-corrected chi connectivity index (χ3v) is 4.84. The maximum absolute atomic E-state index is 12.5. The predicted octanol–water partition coefficient (Wildman–Crippen LogP) is 4.57. The van der Waals surface area contributed by atoms with Crippen LogP contribution in [0.2, 0.25) is 0 Å². The molecule has 0 aliphatic rings. The third kappa shape index (κ3) is 9.09. The Hall–Kier alpha value is -3.52. The number of carbonyl (C=O) groups excluding carboxylic acids is 3. The van der Waals surface area contributed by atoms with Crippen LogP contribution in [0.5, 0.6) is 11.5 Å². The number of ether oxygens (including phenoxy) is 4. The molecule has 0 heterocycles. The first-order valence-electron chi connectivity index (χ1n) is 9.79. The van der Waals surface area contributed by atoms with E-state index in [1.807, 2.05) is 12.1 Å². The lowest BCUT2D eigenvalue weighted by atomic mass is 10.2. The third-order valence-electron chi connectivity index (χ3n) is 3.91. The zero-order valence-corrected chi connectivity index (χ0v) is 18.3. The predicted molar refractivity (Wildman–Crippen MR) is 121 cm³/mol. The molecule has 0 saturated heterocycles. The van der Waals surface area contributed by atoms with Crippen molar-refractivity contribution in [2.24, 2.45) is 0 Å². The van der Waals surface area contributed by atoms with Crippen LogP contribution in [0.15, 0.2) is 78.9 Å². The Balaban J connectivity index is 1.74. The summed E-state index contributed by atoms with van der Waals surface area (Å²) < 4.78 is 20.4. The van der Waals surface area contributed by atoms with Crippen molar-refractivity contribution >= 4 is 28.8 Å². The highest BCUT2D eigenvalue weighted by Crippen LogP contribution is 2.26. The molecule has 2 rings (SSSR count). The van der Waals surface area contributed by atoms with Gasteiger partial charge in [-0.1, -0.05) is 13.2 Å². The minimum absolute atomic E-state index is 0.120. The Morgan fingerprint density at radius 1 is 0.844 bits per heavy atom. The maximum atomic E-state index is 12.5. The number of hydrogen-bond acceptors (Lipinski definition) is 8. The van der Waals surface area contributed by atoms with Crippen molar-refractivity contribution in [2.75, 3.05) is 19.8 Å². The molecular weight excluding hydrogens is 432 g/mol. The lowest BCUT2D eigenvalue weighted by Crippen LogP contribution is -2.12. The molecule has 2 aromatic rings. The number of esters is 2. The highest BCUT2D eigenvalue weighted by atomic mass is 32.2. The van der Waals surface area contributed by atoms with E-state index in [9.17, 15) is 14.4 Å². The van der Waals surface area contributed by atoms with Crippen LogP contribution in [0.25, 0.3) is 0 Å². The van der Waals surface area contributed by atoms with Crippen molar-refractivity contribution in [3.63, 3.8) is 0 Å². The van der Waals surface area contributed by atoms with Gasteiger partial charge in [0.05, 0.1) is 19.5 Å². The van der Waals surface area contributed by atoms with E-state index in [-0.39, 0.29) is 11.7 Å². The van der Waals surface area contributed by atoms with Crippen molar-refractivity contribution in [3.8, 4) is 11.5 Å². The number of benzene rings is 2. The average Bonchev–Trinajstić information content (AvgIpc) is 2.81. The number of hydrogen-bond donors (Lipinski definition) is 0. The molecule has 0 unspecified atom stereocenters. The van der Waals surface area contributed by atoms with Gasteiger partial charge in [-0.3, -0.25) is 4.79 Å². The van der Waals surface area contributed by atoms with E-state index in [4.69, 9.17) is 14.2 Å². The molecule has 0 atom stereocenters. The van der Waals surface area contributed by atoms with E-state index in [1.54, 1.807) is 36.4 Å². The van der Waals surface area contributed by atoms with Crippen LogP contribution in [0, 0.1) is 0 Å². The fraction of sp³-hybridized carbons (Fsp3) is 0.208. The quantitative estimate of drug-likeness (QED) is 0.142. The Morgan fingerprint density at radius 3 is 2.12 bits per heavy atom. The monoisotopic (exact) mass is 456 g/mol. The topological polar surface area (TPSA) is 88.1 Å². The van der Waals surface area contributed by atoms with Crippen LogP contribution in [0.4, 0.5) is 0 Å². The first-order valence-corrected chi connectivity index (χ1v) is 10.6. The molecule has 8 heteroatoms. The van der Waals surface area contributed by atoms with Gasteiger partial charge in [-0.2, -0.15) is 0 Å². The smallest absolute Gasteiger partial charge is 0.348 e. The number of unbranched alkanes of at least 4 members (excludes halogenated alkanes) is 1. The molecule has 32 heavy (non-hydrogen) atoms. The Bertz CT molecular complexity index is 920. The van der Waals surface area contributed by atoms with Gasteiger partial charge in [-0.05, 0) is 73.1 Å². The summed E-state index contributed by atoms with van der Waals surface area (Å²) in [6, 6.07) is 13.7. The Kier molecular flexibility index (Phi) is 10.6. The molecule has 168 valence electrons. The molecule has 0 spiro atoms.